The third kappa shape index (κ3) is 1.95. The van der Waals surface area contributed by atoms with Crippen molar-refractivity contribution < 1.29 is 9.90 Å². The number of fused-ring (bicyclic) bond motifs is 1. The molecule has 0 aliphatic heterocycles. The predicted octanol–water partition coefficient (Wildman–Crippen LogP) is 2.70. The maximum atomic E-state index is 11.6. The Morgan fingerprint density at radius 1 is 1.36 bits per heavy atom. The molecule has 0 aromatic carbocycles. The topological polar surface area (TPSA) is 80.9 Å². The van der Waals surface area contributed by atoms with E-state index < -0.39 is 5.97 Å². The smallest absolute Gasteiger partial charge is 0.336 e. The molecule has 3 aromatic rings. The zero-order valence-electron chi connectivity index (χ0n) is 12.0. The lowest BCUT2D eigenvalue weighted by Gasteiger charge is -2.05. The Morgan fingerprint density at radius 3 is 2.82 bits per heavy atom. The molecule has 110 valence electrons. The van der Waals surface area contributed by atoms with E-state index in [1.165, 1.54) is 0 Å². The second-order valence-electron chi connectivity index (χ2n) is 5.56. The van der Waals surface area contributed by atoms with E-state index in [-0.39, 0.29) is 5.56 Å². The molecule has 1 aliphatic rings. The first kappa shape index (κ1) is 12.9. The van der Waals surface area contributed by atoms with Gasteiger partial charge in [0.1, 0.15) is 0 Å². The number of pyridine rings is 2. The van der Waals surface area contributed by atoms with Gasteiger partial charge in [-0.25, -0.2) is 14.8 Å². The Kier molecular flexibility index (Phi) is 2.72. The quantitative estimate of drug-likeness (QED) is 0.803. The highest BCUT2D eigenvalue weighted by Crippen LogP contribution is 2.40. The summed E-state index contributed by atoms with van der Waals surface area (Å²) in [6.45, 7) is 1.80. The molecule has 1 saturated carbocycles. The molecule has 22 heavy (non-hydrogen) atoms. The first-order chi connectivity index (χ1) is 10.6. The lowest BCUT2D eigenvalue weighted by molar-refractivity contribution is 0.0698. The summed E-state index contributed by atoms with van der Waals surface area (Å²) in [4.78, 5) is 20.6. The number of rotatable bonds is 3. The molecule has 6 heteroatoms. The SMILES string of the molecule is Cc1nn(-c2ccccn2)c2nc(C3CC3)cc(C(=O)O)c12. The van der Waals surface area contributed by atoms with E-state index in [1.807, 2.05) is 18.2 Å². The average Bonchev–Trinajstić information content (AvgIpc) is 3.32. The molecule has 0 unspecified atom stereocenters. The standard InChI is InChI=1S/C16H14N4O2/c1-9-14-11(16(21)22)8-12(10-5-6-10)18-15(14)20(19-9)13-4-2-3-7-17-13/h2-4,7-8,10H,5-6H2,1H3,(H,21,22). The summed E-state index contributed by atoms with van der Waals surface area (Å²) < 4.78 is 1.63. The van der Waals surface area contributed by atoms with E-state index >= 15 is 0 Å². The third-order valence-corrected chi connectivity index (χ3v) is 3.92. The molecule has 3 aromatic heterocycles. The van der Waals surface area contributed by atoms with Gasteiger partial charge in [-0.15, -0.1) is 0 Å². The number of aromatic carboxylic acids is 1. The highest BCUT2D eigenvalue weighted by atomic mass is 16.4. The summed E-state index contributed by atoms with van der Waals surface area (Å²) in [5.74, 6) is 0.0604. The number of aryl methyl sites for hydroxylation is 1. The monoisotopic (exact) mass is 294 g/mol. The summed E-state index contributed by atoms with van der Waals surface area (Å²) in [5.41, 5.74) is 2.32. The molecule has 0 spiro atoms. The fourth-order valence-electron chi connectivity index (χ4n) is 2.70. The number of carbonyl (C=O) groups is 1. The van der Waals surface area contributed by atoms with Crippen LogP contribution in [0.2, 0.25) is 0 Å². The van der Waals surface area contributed by atoms with Crippen LogP contribution >= 0.6 is 0 Å². The van der Waals surface area contributed by atoms with Crippen LogP contribution in [0.1, 0.15) is 40.5 Å². The van der Waals surface area contributed by atoms with E-state index in [0.717, 1.165) is 18.5 Å². The third-order valence-electron chi connectivity index (χ3n) is 3.92. The molecule has 0 radical (unpaired) electrons. The Hall–Kier alpha value is -2.76. The van der Waals surface area contributed by atoms with Crippen LogP contribution in [0.3, 0.4) is 0 Å². The Balaban J connectivity index is 2.05. The zero-order chi connectivity index (χ0) is 15.3. The summed E-state index contributed by atoms with van der Waals surface area (Å²) in [6, 6.07) is 7.22. The van der Waals surface area contributed by atoms with Gasteiger partial charge in [0.05, 0.1) is 16.6 Å². The van der Waals surface area contributed by atoms with Gasteiger partial charge in [-0.1, -0.05) is 6.07 Å². The highest BCUT2D eigenvalue weighted by molar-refractivity contribution is 6.03. The van der Waals surface area contributed by atoms with E-state index in [9.17, 15) is 9.90 Å². The normalized spacial score (nSPS) is 14.4. The summed E-state index contributed by atoms with van der Waals surface area (Å²) in [5, 5.41) is 14.6. The summed E-state index contributed by atoms with van der Waals surface area (Å²) >= 11 is 0. The van der Waals surface area contributed by atoms with Gasteiger partial charge in [0.15, 0.2) is 11.5 Å². The van der Waals surface area contributed by atoms with Crippen molar-refractivity contribution in [1.82, 2.24) is 19.7 Å². The minimum absolute atomic E-state index is 0.270. The molecule has 1 N–H and O–H groups in total. The number of aromatic nitrogens is 4. The van der Waals surface area contributed by atoms with Crippen LogP contribution in [0.4, 0.5) is 0 Å². The van der Waals surface area contributed by atoms with Gasteiger partial charge in [-0.05, 0) is 38.0 Å². The average molecular weight is 294 g/mol. The van der Waals surface area contributed by atoms with Crippen molar-refractivity contribution in [1.29, 1.82) is 0 Å². The molecule has 4 rings (SSSR count). The van der Waals surface area contributed by atoms with Gasteiger partial charge >= 0.3 is 5.97 Å². The van der Waals surface area contributed by atoms with Gasteiger partial charge in [0.25, 0.3) is 0 Å². The van der Waals surface area contributed by atoms with Gasteiger partial charge in [-0.3, -0.25) is 0 Å². The maximum absolute atomic E-state index is 11.6. The molecule has 0 amide bonds. The van der Waals surface area contributed by atoms with Crippen LogP contribution in [0.5, 0.6) is 0 Å². The van der Waals surface area contributed by atoms with Crippen LogP contribution in [0.25, 0.3) is 16.9 Å². The van der Waals surface area contributed by atoms with Crippen molar-refractivity contribution in [2.45, 2.75) is 25.7 Å². The number of nitrogens with zero attached hydrogens (tertiary/aromatic N) is 4. The van der Waals surface area contributed by atoms with Crippen LogP contribution in [0.15, 0.2) is 30.5 Å². The molecule has 0 atom stereocenters. The first-order valence-corrected chi connectivity index (χ1v) is 7.20. The lowest BCUT2D eigenvalue weighted by Crippen LogP contribution is -2.04. The Labute approximate surface area is 126 Å². The van der Waals surface area contributed by atoms with Crippen molar-refractivity contribution in [3.8, 4) is 5.82 Å². The second-order valence-corrected chi connectivity index (χ2v) is 5.56. The minimum atomic E-state index is -0.946. The van der Waals surface area contributed by atoms with Crippen LogP contribution in [-0.2, 0) is 0 Å². The summed E-state index contributed by atoms with van der Waals surface area (Å²) in [6.07, 6.45) is 3.81. The lowest BCUT2D eigenvalue weighted by atomic mass is 10.1. The molecule has 1 aliphatic carbocycles. The van der Waals surface area contributed by atoms with Gasteiger partial charge < -0.3 is 5.11 Å². The second kappa shape index (κ2) is 4.62. The van der Waals surface area contributed by atoms with Crippen molar-refractivity contribution in [3.63, 3.8) is 0 Å². The Bertz CT molecular complexity index is 882. The fourth-order valence-corrected chi connectivity index (χ4v) is 2.70. The largest absolute Gasteiger partial charge is 0.478 e. The molecule has 0 bridgehead atoms. The molecule has 0 saturated heterocycles. The van der Waals surface area contributed by atoms with Gasteiger partial charge in [0, 0.05) is 17.8 Å². The van der Waals surface area contributed by atoms with E-state index in [2.05, 4.69) is 15.1 Å². The minimum Gasteiger partial charge on any atom is -0.478 e. The maximum Gasteiger partial charge on any atom is 0.336 e. The number of carboxylic acids is 1. The van der Waals surface area contributed by atoms with Crippen molar-refractivity contribution in [2.75, 3.05) is 0 Å². The summed E-state index contributed by atoms with van der Waals surface area (Å²) in [7, 11) is 0. The zero-order valence-corrected chi connectivity index (χ0v) is 12.0. The molecule has 1 fully saturated rings. The number of hydrogen-bond acceptors (Lipinski definition) is 4. The van der Waals surface area contributed by atoms with Crippen LogP contribution in [-0.4, -0.2) is 30.8 Å². The number of carboxylic acid groups (broad SMARTS) is 1. The molecule has 3 heterocycles. The van der Waals surface area contributed by atoms with Crippen LogP contribution in [0, 0.1) is 6.92 Å². The van der Waals surface area contributed by atoms with Gasteiger partial charge in [0.2, 0.25) is 0 Å². The van der Waals surface area contributed by atoms with Crippen molar-refractivity contribution in [2.24, 2.45) is 0 Å². The van der Waals surface area contributed by atoms with E-state index in [0.29, 0.717) is 28.5 Å². The first-order valence-electron chi connectivity index (χ1n) is 7.20. The highest BCUT2D eigenvalue weighted by Gasteiger charge is 2.28. The van der Waals surface area contributed by atoms with E-state index in [1.54, 1.807) is 23.9 Å². The van der Waals surface area contributed by atoms with Crippen molar-refractivity contribution >= 4 is 17.0 Å². The molecular weight excluding hydrogens is 280 g/mol. The molecule has 6 nitrogen and oxygen atoms in total. The van der Waals surface area contributed by atoms with Crippen LogP contribution < -0.4 is 0 Å². The molecular formula is C16H14N4O2. The van der Waals surface area contributed by atoms with Gasteiger partial charge in [-0.2, -0.15) is 9.78 Å². The van der Waals surface area contributed by atoms with E-state index in [4.69, 9.17) is 0 Å². The number of hydrogen-bond donors (Lipinski definition) is 1. The Morgan fingerprint density at radius 2 is 2.18 bits per heavy atom. The van der Waals surface area contributed by atoms with Crippen molar-refractivity contribution in [3.05, 3.63) is 47.4 Å². The predicted molar refractivity (Wildman–Crippen MR) is 80.3 cm³/mol. The fraction of sp³-hybridized carbons (Fsp3) is 0.250.